The van der Waals surface area contributed by atoms with E-state index >= 15 is 0 Å². The van der Waals surface area contributed by atoms with Crippen LogP contribution in [-0.2, 0) is 0 Å². The molecular weight excluding hydrogens is 346 g/mol. The van der Waals surface area contributed by atoms with Gasteiger partial charge in [0.05, 0.1) is 11.8 Å². The topological polar surface area (TPSA) is 41.8 Å². The molecule has 0 aliphatic heterocycles. The van der Waals surface area contributed by atoms with Crippen molar-refractivity contribution in [1.82, 2.24) is 0 Å². The molecule has 4 aliphatic carbocycles. The van der Waals surface area contributed by atoms with Crippen molar-refractivity contribution >= 4 is 5.71 Å². The molecule has 4 saturated carbocycles. The van der Waals surface area contributed by atoms with Crippen LogP contribution in [0, 0.1) is 34.5 Å². The van der Waals surface area contributed by atoms with Crippen molar-refractivity contribution < 1.29 is 9.94 Å². The molecule has 4 fully saturated rings. The van der Waals surface area contributed by atoms with Crippen LogP contribution in [0.3, 0.4) is 0 Å². The van der Waals surface area contributed by atoms with Gasteiger partial charge in [-0.2, -0.15) is 0 Å². The maximum Gasteiger partial charge on any atom is 0.157 e. The number of aliphatic hydroxyl groups is 1. The van der Waals surface area contributed by atoms with Gasteiger partial charge < -0.3 is 9.94 Å². The number of nitrogens with zero attached hydrogens (tertiary/aromatic N) is 1. The van der Waals surface area contributed by atoms with Gasteiger partial charge in [-0.05, 0) is 104 Å². The highest BCUT2D eigenvalue weighted by molar-refractivity contribution is 5.85. The van der Waals surface area contributed by atoms with E-state index in [4.69, 9.17) is 4.84 Å². The molecule has 28 heavy (non-hydrogen) atoms. The summed E-state index contributed by atoms with van der Waals surface area (Å²) in [6, 6.07) is 9.93. The summed E-state index contributed by atoms with van der Waals surface area (Å²) in [5.74, 6) is 3.99. The van der Waals surface area contributed by atoms with Crippen molar-refractivity contribution in [2.45, 2.75) is 77.7 Å². The summed E-state index contributed by atoms with van der Waals surface area (Å²) in [6.07, 6.45) is 10.9. The molecule has 0 aromatic heterocycles. The van der Waals surface area contributed by atoms with Crippen molar-refractivity contribution in [3.8, 4) is 5.75 Å². The number of para-hydroxylation sites is 1. The molecule has 0 unspecified atom stereocenters. The summed E-state index contributed by atoms with van der Waals surface area (Å²) in [6.45, 7) is 4.96. The first-order valence-electron chi connectivity index (χ1n) is 11.5. The smallest absolute Gasteiger partial charge is 0.157 e. The third kappa shape index (κ3) is 2.84. The van der Waals surface area contributed by atoms with E-state index in [1.807, 2.05) is 30.3 Å². The zero-order valence-corrected chi connectivity index (χ0v) is 17.4. The molecule has 7 atom stereocenters. The molecule has 4 aliphatic rings. The molecule has 1 aromatic carbocycles. The van der Waals surface area contributed by atoms with E-state index < -0.39 is 0 Å². The molecule has 152 valence electrons. The highest BCUT2D eigenvalue weighted by Crippen LogP contribution is 2.65. The Labute approximate surface area is 169 Å². The largest absolute Gasteiger partial charge is 0.393 e. The molecule has 0 spiro atoms. The summed E-state index contributed by atoms with van der Waals surface area (Å²) in [4.78, 5) is 5.71. The lowest BCUT2D eigenvalue weighted by molar-refractivity contribution is -0.112. The van der Waals surface area contributed by atoms with E-state index in [2.05, 4.69) is 19.0 Å². The third-order valence-electron chi connectivity index (χ3n) is 9.47. The van der Waals surface area contributed by atoms with Gasteiger partial charge in [-0.3, -0.25) is 0 Å². The maximum atomic E-state index is 10.6. The first kappa shape index (κ1) is 18.7. The number of aliphatic hydroxyl groups excluding tert-OH is 1. The van der Waals surface area contributed by atoms with Crippen LogP contribution in [0.5, 0.6) is 5.75 Å². The molecule has 1 N–H and O–H groups in total. The lowest BCUT2D eigenvalue weighted by atomic mass is 9.45. The highest BCUT2D eigenvalue weighted by Gasteiger charge is 2.59. The standard InChI is InChI=1S/C25H35NO2/c1-24-14-12-18(26-28-19-6-4-3-5-7-19)16-17(24)8-9-20-21-10-11-23(27)25(21,2)15-13-22(20)24/h3-7,17,20-23,27H,8-16H2,1-2H3/b26-18-/t17-,20+,21+,22+,23+,24+,25+/m1/s1. The van der Waals surface area contributed by atoms with Crippen molar-refractivity contribution in [1.29, 1.82) is 0 Å². The summed E-state index contributed by atoms with van der Waals surface area (Å²) in [5.41, 5.74) is 1.89. The second-order valence-corrected chi connectivity index (χ2v) is 10.6. The fraction of sp³-hybridized carbons (Fsp3) is 0.720. The van der Waals surface area contributed by atoms with E-state index in [1.54, 1.807) is 0 Å². The predicted octanol–water partition coefficient (Wildman–Crippen LogP) is 5.83. The van der Waals surface area contributed by atoms with Gasteiger partial charge in [-0.15, -0.1) is 0 Å². The first-order chi connectivity index (χ1) is 13.5. The molecule has 0 radical (unpaired) electrons. The molecule has 0 saturated heterocycles. The number of fused-ring (bicyclic) bond motifs is 5. The Morgan fingerprint density at radius 2 is 1.71 bits per heavy atom. The predicted molar refractivity (Wildman–Crippen MR) is 112 cm³/mol. The lowest BCUT2D eigenvalue weighted by Crippen LogP contribution is -2.54. The molecule has 3 nitrogen and oxygen atoms in total. The average Bonchev–Trinajstić information content (AvgIpc) is 3.02. The van der Waals surface area contributed by atoms with Crippen LogP contribution < -0.4 is 4.84 Å². The van der Waals surface area contributed by atoms with Crippen LogP contribution in [0.25, 0.3) is 0 Å². The third-order valence-corrected chi connectivity index (χ3v) is 9.47. The van der Waals surface area contributed by atoms with Gasteiger partial charge in [0.15, 0.2) is 5.75 Å². The van der Waals surface area contributed by atoms with Crippen LogP contribution in [-0.4, -0.2) is 16.9 Å². The molecule has 0 heterocycles. The van der Waals surface area contributed by atoms with Crippen molar-refractivity contribution in [2.24, 2.45) is 39.7 Å². The van der Waals surface area contributed by atoms with Gasteiger partial charge in [-0.1, -0.05) is 37.2 Å². The quantitative estimate of drug-likeness (QED) is 0.655. The molecule has 3 heteroatoms. The Bertz CT molecular complexity index is 746. The van der Waals surface area contributed by atoms with Crippen molar-refractivity contribution in [3.63, 3.8) is 0 Å². The van der Waals surface area contributed by atoms with Gasteiger partial charge in [0.25, 0.3) is 0 Å². The fourth-order valence-corrected chi connectivity index (χ4v) is 7.71. The molecule has 0 amide bonds. The fourth-order valence-electron chi connectivity index (χ4n) is 7.71. The second kappa shape index (κ2) is 6.86. The summed E-state index contributed by atoms with van der Waals surface area (Å²) in [5, 5.41) is 15.2. The van der Waals surface area contributed by atoms with Crippen molar-refractivity contribution in [2.75, 3.05) is 0 Å². The lowest BCUT2D eigenvalue weighted by Gasteiger charge is -2.60. The monoisotopic (exact) mass is 381 g/mol. The van der Waals surface area contributed by atoms with Crippen LogP contribution in [0.15, 0.2) is 35.5 Å². The molecular formula is C25H35NO2. The molecule has 1 aromatic rings. The van der Waals surface area contributed by atoms with E-state index in [0.29, 0.717) is 5.41 Å². The summed E-state index contributed by atoms with van der Waals surface area (Å²) >= 11 is 0. The first-order valence-corrected chi connectivity index (χ1v) is 11.5. The van der Waals surface area contributed by atoms with E-state index in [-0.39, 0.29) is 11.5 Å². The number of hydrogen-bond donors (Lipinski definition) is 1. The van der Waals surface area contributed by atoms with E-state index in [1.165, 1.54) is 44.2 Å². The number of hydrogen-bond acceptors (Lipinski definition) is 3. The summed E-state index contributed by atoms with van der Waals surface area (Å²) in [7, 11) is 0. The van der Waals surface area contributed by atoms with Gasteiger partial charge in [0.1, 0.15) is 0 Å². The normalized spacial score (nSPS) is 46.5. The summed E-state index contributed by atoms with van der Waals surface area (Å²) < 4.78 is 0. The van der Waals surface area contributed by atoms with Crippen LogP contribution in [0.2, 0.25) is 0 Å². The minimum atomic E-state index is -0.0655. The SMILES string of the molecule is C[C@]12CC/C(=N/Oc3ccccc3)C[C@H]1CC[C@@H]1[C@@H]2CC[C@]2(C)[C@@H](O)CC[C@@H]12. The van der Waals surface area contributed by atoms with Crippen LogP contribution in [0.1, 0.15) is 71.6 Å². The molecule has 0 bridgehead atoms. The zero-order chi connectivity index (χ0) is 19.4. The van der Waals surface area contributed by atoms with E-state index in [0.717, 1.165) is 48.7 Å². The molecule has 5 rings (SSSR count). The van der Waals surface area contributed by atoms with Crippen LogP contribution >= 0.6 is 0 Å². The number of rotatable bonds is 2. The van der Waals surface area contributed by atoms with E-state index in [9.17, 15) is 5.11 Å². The Kier molecular flexibility index (Phi) is 4.58. The number of oxime groups is 1. The average molecular weight is 382 g/mol. The highest BCUT2D eigenvalue weighted by atomic mass is 16.6. The van der Waals surface area contributed by atoms with Crippen molar-refractivity contribution in [3.05, 3.63) is 30.3 Å². The minimum Gasteiger partial charge on any atom is -0.393 e. The Morgan fingerprint density at radius 3 is 2.54 bits per heavy atom. The number of benzene rings is 1. The minimum absolute atomic E-state index is 0.0655. The van der Waals surface area contributed by atoms with Crippen LogP contribution in [0.4, 0.5) is 0 Å². The Hall–Kier alpha value is -1.35. The maximum absolute atomic E-state index is 10.6. The Morgan fingerprint density at radius 1 is 0.929 bits per heavy atom. The zero-order valence-electron chi connectivity index (χ0n) is 17.4. The van der Waals surface area contributed by atoms with Gasteiger partial charge >= 0.3 is 0 Å². The van der Waals surface area contributed by atoms with Gasteiger partial charge in [-0.25, -0.2) is 0 Å². The van der Waals surface area contributed by atoms with Gasteiger partial charge in [0.2, 0.25) is 0 Å². The van der Waals surface area contributed by atoms with Gasteiger partial charge in [0, 0.05) is 0 Å². The second-order valence-electron chi connectivity index (χ2n) is 10.6. The Balaban J connectivity index is 1.31.